The maximum absolute atomic E-state index is 12.2. The van der Waals surface area contributed by atoms with E-state index < -0.39 is 0 Å². The van der Waals surface area contributed by atoms with Gasteiger partial charge in [-0.15, -0.1) is 5.10 Å². The monoisotopic (exact) mass is 309 g/mol. The molecule has 2 heterocycles. The molecule has 21 heavy (non-hydrogen) atoms. The topological polar surface area (TPSA) is 81.7 Å². The van der Waals surface area contributed by atoms with Crippen LogP contribution in [-0.2, 0) is 11.3 Å². The Morgan fingerprint density at radius 3 is 2.62 bits per heavy atom. The highest BCUT2D eigenvalue weighted by atomic mass is 32.2. The largest absolute Gasteiger partial charge is 0.346 e. The molecule has 0 atom stereocenters. The molecule has 1 amide bonds. The third-order valence-electron chi connectivity index (χ3n) is 2.60. The number of thioether (sulfide) groups is 1. The van der Waals surface area contributed by atoms with Gasteiger partial charge in [-0.3, -0.25) is 0 Å². The van der Waals surface area contributed by atoms with Crippen molar-refractivity contribution in [1.29, 1.82) is 0 Å². The summed E-state index contributed by atoms with van der Waals surface area (Å²) in [5.41, 5.74) is -0.222. The minimum Gasteiger partial charge on any atom is -0.329 e. The van der Waals surface area contributed by atoms with Gasteiger partial charge in [-0.05, 0) is 0 Å². The lowest BCUT2D eigenvalue weighted by Gasteiger charge is -2.13. The number of aromatic nitrogens is 6. The first kappa shape index (κ1) is 15.5. The van der Waals surface area contributed by atoms with E-state index in [0.29, 0.717) is 16.9 Å². The average molecular weight is 309 g/mol. The first-order chi connectivity index (χ1) is 9.79. The maximum atomic E-state index is 12.2. The van der Waals surface area contributed by atoms with Gasteiger partial charge in [0.2, 0.25) is 0 Å². The molecule has 0 aromatic carbocycles. The highest BCUT2D eigenvalue weighted by molar-refractivity contribution is 7.98. The van der Waals surface area contributed by atoms with Crippen LogP contribution in [0, 0.1) is 0 Å². The van der Waals surface area contributed by atoms with Crippen LogP contribution in [0.15, 0.2) is 17.8 Å². The predicted molar refractivity (Wildman–Crippen MR) is 79.1 cm³/mol. The Labute approximate surface area is 127 Å². The predicted octanol–water partition coefficient (Wildman–Crippen LogP) is 1.45. The Morgan fingerprint density at radius 2 is 2.10 bits per heavy atom. The van der Waals surface area contributed by atoms with Crippen LogP contribution in [-0.4, -0.2) is 54.6 Å². The molecule has 0 aliphatic carbocycles. The maximum Gasteiger partial charge on any atom is 0.346 e. The van der Waals surface area contributed by atoms with Crippen molar-refractivity contribution in [2.45, 2.75) is 37.2 Å². The molecule has 0 saturated heterocycles. The fourth-order valence-corrected chi connectivity index (χ4v) is 2.22. The Morgan fingerprint density at radius 1 is 1.38 bits per heavy atom. The number of carbonyl (C=O) groups excluding carboxylic acids is 1. The van der Waals surface area contributed by atoms with E-state index in [-0.39, 0.29) is 11.4 Å². The van der Waals surface area contributed by atoms with Gasteiger partial charge in [-0.25, -0.2) is 19.4 Å². The first-order valence-corrected chi connectivity index (χ1v) is 7.42. The molecule has 0 unspecified atom stereocenters. The fraction of sp³-hybridized carbons (Fsp3) is 0.583. The van der Waals surface area contributed by atoms with E-state index in [9.17, 15) is 4.79 Å². The third kappa shape index (κ3) is 3.60. The van der Waals surface area contributed by atoms with Crippen LogP contribution >= 0.6 is 11.8 Å². The molecule has 0 aliphatic heterocycles. The second kappa shape index (κ2) is 5.84. The van der Waals surface area contributed by atoms with E-state index in [1.807, 2.05) is 20.8 Å². The zero-order valence-electron chi connectivity index (χ0n) is 12.8. The molecule has 0 aliphatic rings. The van der Waals surface area contributed by atoms with Gasteiger partial charge in [0.15, 0.2) is 11.0 Å². The van der Waals surface area contributed by atoms with Gasteiger partial charge >= 0.3 is 6.03 Å². The van der Waals surface area contributed by atoms with Crippen LogP contribution < -0.4 is 0 Å². The summed E-state index contributed by atoms with van der Waals surface area (Å²) in [4.78, 5) is 22.1. The standard InChI is InChI=1S/C12H19N7OS/c1-12(2,3)9-15-10(19(16-9)11(20)17(4)5)21-8-18-7-13-6-14-18/h6-7H,8H2,1-5H3. The molecule has 2 rings (SSSR count). The number of rotatable bonds is 3. The minimum absolute atomic E-state index is 0.222. The van der Waals surface area contributed by atoms with Crippen molar-refractivity contribution in [2.75, 3.05) is 14.1 Å². The molecule has 0 bridgehead atoms. The van der Waals surface area contributed by atoms with Gasteiger partial charge in [0, 0.05) is 19.5 Å². The highest BCUT2D eigenvalue weighted by Crippen LogP contribution is 2.24. The molecule has 2 aromatic heterocycles. The SMILES string of the molecule is CN(C)C(=O)n1nc(C(C)(C)C)nc1SCn1cncn1. The molecule has 0 saturated carbocycles. The van der Waals surface area contributed by atoms with Crippen LogP contribution in [0.25, 0.3) is 0 Å². The Kier molecular flexibility index (Phi) is 4.31. The molecule has 114 valence electrons. The molecule has 0 N–H and O–H groups in total. The highest BCUT2D eigenvalue weighted by Gasteiger charge is 2.25. The number of amides is 1. The second-order valence-electron chi connectivity index (χ2n) is 5.77. The second-order valence-corrected chi connectivity index (χ2v) is 6.68. The third-order valence-corrected chi connectivity index (χ3v) is 3.52. The van der Waals surface area contributed by atoms with E-state index in [4.69, 9.17) is 0 Å². The lowest BCUT2D eigenvalue weighted by atomic mass is 9.96. The van der Waals surface area contributed by atoms with Crippen LogP contribution in [0.1, 0.15) is 26.6 Å². The van der Waals surface area contributed by atoms with Crippen molar-refractivity contribution in [2.24, 2.45) is 0 Å². The molecule has 2 aromatic rings. The summed E-state index contributed by atoms with van der Waals surface area (Å²) in [6.07, 6.45) is 3.09. The quantitative estimate of drug-likeness (QED) is 0.798. The zero-order valence-corrected chi connectivity index (χ0v) is 13.6. The van der Waals surface area contributed by atoms with Crippen LogP contribution in [0.2, 0.25) is 0 Å². The summed E-state index contributed by atoms with van der Waals surface area (Å²) in [5, 5.41) is 8.93. The minimum atomic E-state index is -0.223. The number of hydrogen-bond donors (Lipinski definition) is 0. The van der Waals surface area contributed by atoms with Crippen molar-refractivity contribution in [3.63, 3.8) is 0 Å². The van der Waals surface area contributed by atoms with Crippen LogP contribution in [0.4, 0.5) is 4.79 Å². The first-order valence-electron chi connectivity index (χ1n) is 6.43. The molecule has 0 radical (unpaired) electrons. The molecular weight excluding hydrogens is 290 g/mol. The van der Waals surface area contributed by atoms with Crippen molar-refractivity contribution in [3.05, 3.63) is 18.5 Å². The summed E-state index contributed by atoms with van der Waals surface area (Å²) in [7, 11) is 3.37. The smallest absolute Gasteiger partial charge is 0.329 e. The molecule has 0 spiro atoms. The van der Waals surface area contributed by atoms with Gasteiger partial charge in [-0.1, -0.05) is 32.5 Å². The Balaban J connectivity index is 2.28. The normalized spacial score (nSPS) is 11.7. The fourth-order valence-electron chi connectivity index (χ4n) is 1.45. The Bertz CT molecular complexity index is 612. The van der Waals surface area contributed by atoms with Crippen molar-refractivity contribution >= 4 is 17.8 Å². The van der Waals surface area contributed by atoms with Gasteiger partial charge in [-0.2, -0.15) is 9.78 Å². The molecular formula is C12H19N7OS. The van der Waals surface area contributed by atoms with Crippen LogP contribution in [0.5, 0.6) is 0 Å². The number of hydrogen-bond acceptors (Lipinski definition) is 6. The molecule has 0 fully saturated rings. The summed E-state index contributed by atoms with van der Waals surface area (Å²) < 4.78 is 3.00. The van der Waals surface area contributed by atoms with Crippen molar-refractivity contribution < 1.29 is 4.79 Å². The molecule has 8 nitrogen and oxygen atoms in total. The van der Waals surface area contributed by atoms with E-state index in [2.05, 4.69) is 20.2 Å². The zero-order chi connectivity index (χ0) is 15.6. The summed E-state index contributed by atoms with van der Waals surface area (Å²) in [6.45, 7) is 6.04. The average Bonchev–Trinajstić information content (AvgIpc) is 3.03. The summed E-state index contributed by atoms with van der Waals surface area (Å²) >= 11 is 1.39. The number of nitrogens with zero attached hydrogens (tertiary/aromatic N) is 7. The lowest BCUT2D eigenvalue weighted by molar-refractivity contribution is 0.213. The Hall–Kier alpha value is -1.90. The van der Waals surface area contributed by atoms with Crippen LogP contribution in [0.3, 0.4) is 0 Å². The molecule has 9 heteroatoms. The summed E-state index contributed by atoms with van der Waals surface area (Å²) in [5.74, 6) is 1.15. The van der Waals surface area contributed by atoms with Gasteiger partial charge in [0.05, 0.1) is 5.88 Å². The van der Waals surface area contributed by atoms with E-state index >= 15 is 0 Å². The number of carbonyl (C=O) groups is 1. The van der Waals surface area contributed by atoms with Gasteiger partial charge < -0.3 is 4.90 Å². The van der Waals surface area contributed by atoms with E-state index in [1.54, 1.807) is 25.1 Å². The summed E-state index contributed by atoms with van der Waals surface area (Å²) in [6, 6.07) is -0.223. The van der Waals surface area contributed by atoms with E-state index in [1.165, 1.54) is 27.7 Å². The van der Waals surface area contributed by atoms with Gasteiger partial charge in [0.25, 0.3) is 0 Å². The van der Waals surface area contributed by atoms with E-state index in [0.717, 1.165) is 0 Å². The van der Waals surface area contributed by atoms with Crippen molar-refractivity contribution in [1.82, 2.24) is 34.4 Å². The van der Waals surface area contributed by atoms with Crippen molar-refractivity contribution in [3.8, 4) is 0 Å². The van der Waals surface area contributed by atoms with Gasteiger partial charge in [0.1, 0.15) is 12.7 Å². The lowest BCUT2D eigenvalue weighted by Crippen LogP contribution is -2.29.